The van der Waals surface area contributed by atoms with Crippen LogP contribution in [-0.2, 0) is 0 Å². The molecule has 0 radical (unpaired) electrons. The van der Waals surface area contributed by atoms with Crippen molar-refractivity contribution in [3.05, 3.63) is 53.1 Å². The Morgan fingerprint density at radius 1 is 1.15 bits per heavy atom. The molecular weight excluding hydrogens is 336 g/mol. The van der Waals surface area contributed by atoms with Gasteiger partial charge in [0, 0.05) is 22.4 Å². The number of benzene rings is 2. The second kappa shape index (κ2) is 6.81. The van der Waals surface area contributed by atoms with Crippen molar-refractivity contribution in [2.75, 3.05) is 11.5 Å². The molecule has 0 saturated carbocycles. The molecule has 136 valence electrons. The second-order valence-corrected chi connectivity index (χ2v) is 6.97. The molecule has 2 aromatic carbocycles. The molecule has 0 unspecified atom stereocenters. The third-order valence-electron chi connectivity index (χ3n) is 5.31. The maximum Gasteiger partial charge on any atom is 0.227 e. The third kappa shape index (κ3) is 2.74. The molecule has 4 N–H and O–H groups in total. The molecular formula is C22H22N4O. The van der Waals surface area contributed by atoms with Crippen LogP contribution >= 0.6 is 0 Å². The Morgan fingerprint density at radius 3 is 2.74 bits per heavy atom. The summed E-state index contributed by atoms with van der Waals surface area (Å²) in [4.78, 5) is 4.38. The molecule has 0 spiro atoms. The summed E-state index contributed by atoms with van der Waals surface area (Å²) < 4.78 is 6.21. The summed E-state index contributed by atoms with van der Waals surface area (Å²) in [5.41, 5.74) is 14.8. The van der Waals surface area contributed by atoms with E-state index in [2.05, 4.69) is 42.2 Å². The van der Waals surface area contributed by atoms with Gasteiger partial charge in [-0.15, -0.1) is 0 Å². The van der Waals surface area contributed by atoms with E-state index < -0.39 is 0 Å². The Morgan fingerprint density at radius 2 is 1.96 bits per heavy atom. The third-order valence-corrected chi connectivity index (χ3v) is 5.31. The number of hydrogen-bond donors (Lipinski definition) is 2. The van der Waals surface area contributed by atoms with Crippen LogP contribution in [0, 0.1) is 11.3 Å². The lowest BCUT2D eigenvalue weighted by Crippen LogP contribution is -2.16. The maximum absolute atomic E-state index is 9.45. The number of nitriles is 1. The number of rotatable bonds is 4. The van der Waals surface area contributed by atoms with Gasteiger partial charge in [0.15, 0.2) is 0 Å². The van der Waals surface area contributed by atoms with Crippen LogP contribution < -0.4 is 16.2 Å². The summed E-state index contributed by atoms with van der Waals surface area (Å²) in [5.74, 6) is 1.40. The molecule has 1 aliphatic rings. The molecule has 1 atom stereocenters. The lowest BCUT2D eigenvalue weighted by Gasteiger charge is -2.30. The van der Waals surface area contributed by atoms with E-state index in [0.717, 1.165) is 53.3 Å². The maximum atomic E-state index is 9.45. The molecule has 1 aromatic heterocycles. The normalized spacial score (nSPS) is 14.9. The molecule has 0 bridgehead atoms. The summed E-state index contributed by atoms with van der Waals surface area (Å²) in [6.07, 6.45) is 4.28. The zero-order chi connectivity index (χ0) is 19.0. The van der Waals surface area contributed by atoms with Gasteiger partial charge in [0.05, 0.1) is 5.69 Å². The van der Waals surface area contributed by atoms with Crippen molar-refractivity contribution < 1.29 is 4.74 Å². The van der Waals surface area contributed by atoms with E-state index in [1.165, 1.54) is 0 Å². The van der Waals surface area contributed by atoms with Gasteiger partial charge in [-0.1, -0.05) is 62.6 Å². The first-order chi connectivity index (χ1) is 13.2. The summed E-state index contributed by atoms with van der Waals surface area (Å²) in [5, 5.41) is 11.6. The minimum Gasteiger partial charge on any atom is -0.438 e. The van der Waals surface area contributed by atoms with Crippen molar-refractivity contribution >= 4 is 22.3 Å². The van der Waals surface area contributed by atoms with Gasteiger partial charge < -0.3 is 16.2 Å². The Balaban J connectivity index is 1.94. The lowest BCUT2D eigenvalue weighted by molar-refractivity contribution is 0.426. The molecule has 0 aliphatic carbocycles. The molecule has 27 heavy (non-hydrogen) atoms. The highest BCUT2D eigenvalue weighted by atomic mass is 16.5. The second-order valence-electron chi connectivity index (χ2n) is 6.97. The first kappa shape index (κ1) is 17.2. The standard InChI is InChI=1S/C22H22N4O/c1-2-3-4-9-15-16-11-10-13-7-5-6-8-14(13)20(16)27-22-18(15)19(24)17(12-23)21(25)26-22/h5-8,10-11,15H,2-4,9H2,1H3,(H4,24,25,26)/t15-/m0/s1. The van der Waals surface area contributed by atoms with E-state index in [0.29, 0.717) is 11.6 Å². The largest absolute Gasteiger partial charge is 0.438 e. The fraction of sp³-hybridized carbons (Fsp3) is 0.273. The van der Waals surface area contributed by atoms with Crippen LogP contribution in [0.4, 0.5) is 11.5 Å². The quantitative estimate of drug-likeness (QED) is 0.633. The fourth-order valence-corrected chi connectivity index (χ4v) is 3.94. The Kier molecular flexibility index (Phi) is 4.33. The van der Waals surface area contributed by atoms with Crippen LogP contribution in [0.3, 0.4) is 0 Å². The number of hydrogen-bond acceptors (Lipinski definition) is 5. The van der Waals surface area contributed by atoms with Crippen molar-refractivity contribution in [3.63, 3.8) is 0 Å². The molecule has 4 rings (SSSR count). The van der Waals surface area contributed by atoms with Gasteiger partial charge in [0.25, 0.3) is 0 Å². The average Bonchev–Trinajstić information content (AvgIpc) is 2.67. The van der Waals surface area contributed by atoms with Crippen molar-refractivity contribution in [3.8, 4) is 17.7 Å². The topological polar surface area (TPSA) is 98.0 Å². The van der Waals surface area contributed by atoms with Gasteiger partial charge >= 0.3 is 0 Å². The molecule has 1 aliphatic heterocycles. The lowest BCUT2D eigenvalue weighted by atomic mass is 9.82. The van der Waals surface area contributed by atoms with E-state index in [4.69, 9.17) is 16.2 Å². The Hall–Kier alpha value is -3.26. The molecule has 2 heterocycles. The van der Waals surface area contributed by atoms with Crippen molar-refractivity contribution in [1.29, 1.82) is 5.26 Å². The zero-order valence-corrected chi connectivity index (χ0v) is 15.3. The van der Waals surface area contributed by atoms with Crippen LogP contribution in [-0.4, -0.2) is 4.98 Å². The van der Waals surface area contributed by atoms with Crippen LogP contribution in [0.15, 0.2) is 36.4 Å². The highest BCUT2D eigenvalue weighted by Gasteiger charge is 2.33. The summed E-state index contributed by atoms with van der Waals surface area (Å²) in [7, 11) is 0. The summed E-state index contributed by atoms with van der Waals surface area (Å²) in [6, 6.07) is 14.4. The molecule has 0 amide bonds. The zero-order valence-electron chi connectivity index (χ0n) is 15.3. The van der Waals surface area contributed by atoms with Crippen LogP contribution in [0.2, 0.25) is 0 Å². The van der Waals surface area contributed by atoms with Crippen molar-refractivity contribution in [2.45, 2.75) is 38.5 Å². The predicted molar refractivity (Wildman–Crippen MR) is 108 cm³/mol. The number of nitrogens with two attached hydrogens (primary N) is 2. The van der Waals surface area contributed by atoms with Gasteiger partial charge in [-0.05, 0) is 11.8 Å². The number of unbranched alkanes of at least 4 members (excludes halogenated alkanes) is 2. The van der Waals surface area contributed by atoms with Crippen molar-refractivity contribution in [2.24, 2.45) is 0 Å². The number of ether oxygens (including phenoxy) is 1. The van der Waals surface area contributed by atoms with Crippen LogP contribution in [0.25, 0.3) is 10.8 Å². The molecule has 5 nitrogen and oxygen atoms in total. The molecule has 3 aromatic rings. The first-order valence-electron chi connectivity index (χ1n) is 9.34. The van der Waals surface area contributed by atoms with E-state index in [-0.39, 0.29) is 17.3 Å². The SMILES string of the molecule is CCCCC[C@H]1c2ccc3ccccc3c2Oc2nc(N)c(C#N)c(N)c21. The van der Waals surface area contributed by atoms with E-state index in [9.17, 15) is 5.26 Å². The van der Waals surface area contributed by atoms with Gasteiger partial charge in [-0.25, -0.2) is 0 Å². The van der Waals surface area contributed by atoms with Gasteiger partial charge in [-0.3, -0.25) is 0 Å². The number of aromatic nitrogens is 1. The summed E-state index contributed by atoms with van der Waals surface area (Å²) in [6.45, 7) is 2.18. The minimum atomic E-state index is 0.0418. The molecule has 5 heteroatoms. The van der Waals surface area contributed by atoms with Crippen LogP contribution in [0.1, 0.15) is 55.2 Å². The van der Waals surface area contributed by atoms with E-state index >= 15 is 0 Å². The van der Waals surface area contributed by atoms with E-state index in [1.807, 2.05) is 12.1 Å². The first-order valence-corrected chi connectivity index (χ1v) is 9.34. The minimum absolute atomic E-state index is 0.0418. The van der Waals surface area contributed by atoms with Crippen molar-refractivity contribution in [1.82, 2.24) is 4.98 Å². The van der Waals surface area contributed by atoms with Gasteiger partial charge in [0.2, 0.25) is 5.88 Å². The smallest absolute Gasteiger partial charge is 0.227 e. The van der Waals surface area contributed by atoms with Crippen LogP contribution in [0.5, 0.6) is 11.6 Å². The highest BCUT2D eigenvalue weighted by molar-refractivity contribution is 5.91. The fourth-order valence-electron chi connectivity index (χ4n) is 3.94. The predicted octanol–water partition coefficient (Wildman–Crippen LogP) is 5.09. The monoisotopic (exact) mass is 358 g/mol. The number of nitrogens with zero attached hydrogens (tertiary/aromatic N) is 2. The highest BCUT2D eigenvalue weighted by Crippen LogP contribution is 2.51. The van der Waals surface area contributed by atoms with Gasteiger partial charge in [-0.2, -0.15) is 10.2 Å². The number of nitrogen functional groups attached to an aromatic ring is 2. The number of fused-ring (bicyclic) bond motifs is 4. The average molecular weight is 358 g/mol. The molecule has 0 fully saturated rings. The Bertz CT molecular complexity index is 1070. The summed E-state index contributed by atoms with van der Waals surface area (Å²) >= 11 is 0. The number of anilines is 2. The van der Waals surface area contributed by atoms with Gasteiger partial charge in [0.1, 0.15) is 23.2 Å². The van der Waals surface area contributed by atoms with E-state index in [1.54, 1.807) is 0 Å². The number of pyridine rings is 1. The molecule has 0 saturated heterocycles. The Labute approximate surface area is 158 Å².